The predicted octanol–water partition coefficient (Wildman–Crippen LogP) is 4.56. The summed E-state index contributed by atoms with van der Waals surface area (Å²) in [5.74, 6) is 1.80. The number of para-hydroxylation sites is 1. The fraction of sp³-hybridized carbons (Fsp3) is 0.556. The molecule has 2 aromatic rings. The van der Waals surface area contributed by atoms with E-state index in [0.717, 1.165) is 63.5 Å². The van der Waals surface area contributed by atoms with Crippen molar-refractivity contribution in [1.29, 1.82) is 0 Å². The highest BCUT2D eigenvalue weighted by molar-refractivity contribution is 5.78. The molecule has 0 saturated carbocycles. The molecular formula is C27H37N3O2. The van der Waals surface area contributed by atoms with E-state index in [9.17, 15) is 4.79 Å². The zero-order chi connectivity index (χ0) is 22.4. The first kappa shape index (κ1) is 22.8. The first-order chi connectivity index (χ1) is 15.5. The Balaban J connectivity index is 1.25. The van der Waals surface area contributed by atoms with Crippen LogP contribution in [0.1, 0.15) is 50.7 Å². The molecular weight excluding hydrogens is 398 g/mol. The summed E-state index contributed by atoms with van der Waals surface area (Å²) in [7, 11) is 0. The van der Waals surface area contributed by atoms with E-state index in [0.29, 0.717) is 17.8 Å². The maximum atomic E-state index is 12.7. The molecule has 4 rings (SSSR count). The van der Waals surface area contributed by atoms with Gasteiger partial charge in [0.25, 0.3) is 0 Å². The zero-order valence-corrected chi connectivity index (χ0v) is 19.6. The van der Waals surface area contributed by atoms with Crippen molar-refractivity contribution in [3.8, 4) is 5.75 Å². The van der Waals surface area contributed by atoms with Crippen LogP contribution in [-0.4, -0.2) is 53.5 Å². The predicted molar refractivity (Wildman–Crippen MR) is 127 cm³/mol. The maximum absolute atomic E-state index is 12.7. The lowest BCUT2D eigenvalue weighted by molar-refractivity contribution is -0.133. The first-order valence-corrected chi connectivity index (χ1v) is 12.1. The number of pyridine rings is 1. The van der Waals surface area contributed by atoms with E-state index in [1.54, 1.807) is 12.4 Å². The Morgan fingerprint density at radius 1 is 1.03 bits per heavy atom. The average Bonchev–Trinajstić information content (AvgIpc) is 2.81. The number of benzene rings is 1. The van der Waals surface area contributed by atoms with Crippen LogP contribution in [0.2, 0.25) is 0 Å². The molecule has 5 nitrogen and oxygen atoms in total. The number of likely N-dealkylation sites (tertiary alicyclic amines) is 2. The first-order valence-electron chi connectivity index (χ1n) is 12.1. The van der Waals surface area contributed by atoms with Gasteiger partial charge in [-0.1, -0.05) is 38.1 Å². The molecule has 2 aliphatic heterocycles. The molecule has 0 N–H and O–H groups in total. The van der Waals surface area contributed by atoms with Gasteiger partial charge in [0.1, 0.15) is 5.75 Å². The Morgan fingerprint density at radius 3 is 2.44 bits per heavy atom. The number of hydrogen-bond acceptors (Lipinski definition) is 4. The fourth-order valence-corrected chi connectivity index (χ4v) is 4.98. The van der Waals surface area contributed by atoms with Crippen molar-refractivity contribution in [2.75, 3.05) is 32.8 Å². The van der Waals surface area contributed by atoms with Crippen molar-refractivity contribution in [3.05, 3.63) is 59.9 Å². The number of carbonyl (C=O) groups is 1. The number of hydrogen-bond donors (Lipinski definition) is 0. The Bertz CT molecular complexity index is 865. The number of nitrogens with zero attached hydrogens (tertiary/aromatic N) is 3. The second-order valence-electron chi connectivity index (χ2n) is 10.0. The van der Waals surface area contributed by atoms with Crippen molar-refractivity contribution in [2.24, 2.45) is 11.3 Å². The summed E-state index contributed by atoms with van der Waals surface area (Å²) < 4.78 is 6.06. The van der Waals surface area contributed by atoms with E-state index >= 15 is 0 Å². The van der Waals surface area contributed by atoms with Crippen LogP contribution in [0.4, 0.5) is 0 Å². The van der Waals surface area contributed by atoms with Crippen molar-refractivity contribution in [1.82, 2.24) is 14.8 Å². The molecule has 2 aliphatic rings. The second kappa shape index (κ2) is 10.5. The highest BCUT2D eigenvalue weighted by atomic mass is 16.5. The SMILES string of the molecule is CC(C)COc1ccccc1CN1CCC2(CC1)CCN(C(=O)Cc1cccnc1)CC2. The number of piperidine rings is 2. The van der Waals surface area contributed by atoms with Crippen molar-refractivity contribution in [3.63, 3.8) is 0 Å². The van der Waals surface area contributed by atoms with E-state index in [-0.39, 0.29) is 5.91 Å². The van der Waals surface area contributed by atoms with Gasteiger partial charge >= 0.3 is 0 Å². The van der Waals surface area contributed by atoms with Gasteiger partial charge in [-0.05, 0) is 67.8 Å². The van der Waals surface area contributed by atoms with Crippen molar-refractivity contribution >= 4 is 5.91 Å². The summed E-state index contributed by atoms with van der Waals surface area (Å²) in [6.45, 7) is 10.1. The molecule has 3 heterocycles. The molecule has 0 bridgehead atoms. The van der Waals surface area contributed by atoms with Crippen LogP contribution in [0.5, 0.6) is 5.75 Å². The molecule has 0 aliphatic carbocycles. The van der Waals surface area contributed by atoms with Crippen molar-refractivity contribution in [2.45, 2.75) is 52.5 Å². The summed E-state index contributed by atoms with van der Waals surface area (Å²) >= 11 is 0. The Kier molecular flexibility index (Phi) is 7.46. The second-order valence-corrected chi connectivity index (χ2v) is 10.0. The molecule has 32 heavy (non-hydrogen) atoms. The third-order valence-electron chi connectivity index (χ3n) is 7.11. The lowest BCUT2D eigenvalue weighted by Gasteiger charge is -2.47. The largest absolute Gasteiger partial charge is 0.493 e. The third kappa shape index (κ3) is 5.89. The van der Waals surface area contributed by atoms with Gasteiger partial charge in [0.05, 0.1) is 13.0 Å². The van der Waals surface area contributed by atoms with E-state index in [2.05, 4.69) is 52.9 Å². The number of carbonyl (C=O) groups excluding carboxylic acids is 1. The van der Waals surface area contributed by atoms with Crippen LogP contribution < -0.4 is 4.74 Å². The lowest BCUT2D eigenvalue weighted by Crippen LogP contribution is -2.48. The fourth-order valence-electron chi connectivity index (χ4n) is 4.98. The monoisotopic (exact) mass is 435 g/mol. The van der Waals surface area contributed by atoms with Crippen LogP contribution >= 0.6 is 0 Å². The minimum absolute atomic E-state index is 0.239. The number of ether oxygens (including phenoxy) is 1. The molecule has 2 fully saturated rings. The van der Waals surface area contributed by atoms with E-state index in [1.807, 2.05) is 12.1 Å². The van der Waals surface area contributed by atoms with Crippen LogP contribution in [0, 0.1) is 11.3 Å². The van der Waals surface area contributed by atoms with Crippen LogP contribution in [0.3, 0.4) is 0 Å². The normalized spacial score (nSPS) is 18.8. The standard InChI is InChI=1S/C27H37N3O2/c1-22(2)21-32-25-8-4-3-7-24(25)20-29-14-9-27(10-15-29)11-16-30(17-12-27)26(31)18-23-6-5-13-28-19-23/h3-8,13,19,22H,9-12,14-18,20-21H2,1-2H3. The van der Waals surface area contributed by atoms with Gasteiger partial charge in [0.15, 0.2) is 0 Å². The number of aromatic nitrogens is 1. The van der Waals surface area contributed by atoms with Crippen LogP contribution in [0.25, 0.3) is 0 Å². The Morgan fingerprint density at radius 2 is 1.75 bits per heavy atom. The molecule has 5 heteroatoms. The van der Waals surface area contributed by atoms with Gasteiger partial charge < -0.3 is 9.64 Å². The molecule has 172 valence electrons. The Labute approximate surface area is 192 Å². The highest BCUT2D eigenvalue weighted by Crippen LogP contribution is 2.41. The molecule has 0 unspecified atom stereocenters. The molecule has 1 aromatic carbocycles. The summed E-state index contributed by atoms with van der Waals surface area (Å²) in [5, 5.41) is 0. The van der Waals surface area contributed by atoms with Crippen molar-refractivity contribution < 1.29 is 9.53 Å². The Hall–Kier alpha value is -2.40. The summed E-state index contributed by atoms with van der Waals surface area (Å²) in [4.78, 5) is 21.5. The lowest BCUT2D eigenvalue weighted by atomic mass is 9.71. The van der Waals surface area contributed by atoms with Gasteiger partial charge in [-0.25, -0.2) is 0 Å². The third-order valence-corrected chi connectivity index (χ3v) is 7.11. The van der Waals surface area contributed by atoms with Gasteiger partial charge in [-0.15, -0.1) is 0 Å². The van der Waals surface area contributed by atoms with Gasteiger partial charge in [-0.3, -0.25) is 14.7 Å². The molecule has 0 radical (unpaired) electrons. The average molecular weight is 436 g/mol. The molecule has 1 aromatic heterocycles. The number of rotatable bonds is 7. The molecule has 1 amide bonds. The number of amides is 1. The van der Waals surface area contributed by atoms with E-state index < -0.39 is 0 Å². The molecule has 0 atom stereocenters. The van der Waals surface area contributed by atoms with Gasteiger partial charge in [0, 0.05) is 37.6 Å². The summed E-state index contributed by atoms with van der Waals surface area (Å²) in [6.07, 6.45) is 8.74. The summed E-state index contributed by atoms with van der Waals surface area (Å²) in [6, 6.07) is 12.4. The smallest absolute Gasteiger partial charge is 0.227 e. The van der Waals surface area contributed by atoms with Gasteiger partial charge in [0.2, 0.25) is 5.91 Å². The van der Waals surface area contributed by atoms with Gasteiger partial charge in [-0.2, -0.15) is 0 Å². The zero-order valence-electron chi connectivity index (χ0n) is 19.6. The minimum atomic E-state index is 0.239. The highest BCUT2D eigenvalue weighted by Gasteiger charge is 2.38. The van der Waals surface area contributed by atoms with Crippen LogP contribution in [-0.2, 0) is 17.8 Å². The minimum Gasteiger partial charge on any atom is -0.493 e. The topological polar surface area (TPSA) is 45.7 Å². The molecule has 1 spiro atoms. The maximum Gasteiger partial charge on any atom is 0.227 e. The van der Waals surface area contributed by atoms with Crippen LogP contribution in [0.15, 0.2) is 48.8 Å². The summed E-state index contributed by atoms with van der Waals surface area (Å²) in [5.41, 5.74) is 2.71. The van der Waals surface area contributed by atoms with E-state index in [4.69, 9.17) is 4.74 Å². The molecule has 2 saturated heterocycles. The van der Waals surface area contributed by atoms with E-state index in [1.165, 1.54) is 18.4 Å². The quantitative estimate of drug-likeness (QED) is 0.639.